The summed E-state index contributed by atoms with van der Waals surface area (Å²) >= 11 is 1.39. The van der Waals surface area contributed by atoms with Gasteiger partial charge in [-0.1, -0.05) is 11.3 Å². The Morgan fingerprint density at radius 2 is 2.16 bits per heavy atom. The van der Waals surface area contributed by atoms with Crippen LogP contribution in [0.3, 0.4) is 0 Å². The number of hydrogen-bond donors (Lipinski definition) is 2. The third kappa shape index (κ3) is 3.11. The van der Waals surface area contributed by atoms with Gasteiger partial charge in [0.05, 0.1) is 11.6 Å². The van der Waals surface area contributed by atoms with Crippen molar-refractivity contribution in [3.8, 4) is 11.4 Å². The van der Waals surface area contributed by atoms with Crippen LogP contribution >= 0.6 is 11.3 Å². The Morgan fingerprint density at radius 3 is 2.92 bits per heavy atom. The molecule has 4 aromatic heterocycles. The van der Waals surface area contributed by atoms with Gasteiger partial charge < -0.3 is 11.1 Å². The fraction of sp³-hybridized carbons (Fsp3) is 0.200. The van der Waals surface area contributed by atoms with Crippen LogP contribution in [0.4, 0.5) is 10.9 Å². The number of aryl methyl sites for hydroxylation is 1. The third-order valence-electron chi connectivity index (χ3n) is 3.63. The summed E-state index contributed by atoms with van der Waals surface area (Å²) in [4.78, 5) is 13.4. The van der Waals surface area contributed by atoms with Crippen LogP contribution in [-0.2, 0) is 13.5 Å². The van der Waals surface area contributed by atoms with Gasteiger partial charge in [0.15, 0.2) is 11.5 Å². The van der Waals surface area contributed by atoms with Crippen molar-refractivity contribution in [1.82, 2.24) is 34.9 Å². The molecule has 0 aliphatic carbocycles. The summed E-state index contributed by atoms with van der Waals surface area (Å²) in [5, 5.41) is 17.7. The zero-order chi connectivity index (χ0) is 17.2. The van der Waals surface area contributed by atoms with Crippen LogP contribution in [0.2, 0.25) is 0 Å². The van der Waals surface area contributed by atoms with Gasteiger partial charge in [0.1, 0.15) is 10.8 Å². The van der Waals surface area contributed by atoms with E-state index in [0.717, 1.165) is 27.4 Å². The summed E-state index contributed by atoms with van der Waals surface area (Å²) in [6.45, 7) is 0.655. The van der Waals surface area contributed by atoms with Crippen LogP contribution in [0.5, 0.6) is 0 Å². The Kier molecular flexibility index (Phi) is 3.94. The Morgan fingerprint density at radius 1 is 1.24 bits per heavy atom. The van der Waals surface area contributed by atoms with Crippen molar-refractivity contribution in [3.63, 3.8) is 0 Å². The van der Waals surface area contributed by atoms with E-state index in [1.807, 2.05) is 19.2 Å². The number of hydrogen-bond acceptors (Lipinski definition) is 9. The number of rotatable bonds is 5. The molecule has 0 fully saturated rings. The average Bonchev–Trinajstić information content (AvgIpc) is 3.22. The Hall–Kier alpha value is -3.14. The zero-order valence-corrected chi connectivity index (χ0v) is 14.2. The molecule has 0 aliphatic rings. The molecule has 0 atom stereocenters. The number of aromatic nitrogens is 7. The molecule has 9 nitrogen and oxygen atoms in total. The summed E-state index contributed by atoms with van der Waals surface area (Å²) in [5.41, 5.74) is 7.22. The first-order valence-corrected chi connectivity index (χ1v) is 8.44. The topological polar surface area (TPSA) is 120 Å². The molecule has 0 amide bonds. The minimum absolute atomic E-state index is 0.477. The lowest BCUT2D eigenvalue weighted by atomic mass is 10.2. The highest BCUT2D eigenvalue weighted by Gasteiger charge is 2.13. The molecule has 0 bridgehead atoms. The van der Waals surface area contributed by atoms with Gasteiger partial charge in [-0.2, -0.15) is 5.10 Å². The highest BCUT2D eigenvalue weighted by Crippen LogP contribution is 2.24. The minimum Gasteiger partial charge on any atom is -0.374 e. The second kappa shape index (κ2) is 6.40. The van der Waals surface area contributed by atoms with E-state index in [4.69, 9.17) is 5.73 Å². The summed E-state index contributed by atoms with van der Waals surface area (Å²) in [6.07, 6.45) is 5.93. The SMILES string of the molecule is Cn1ncc2c(NCCc3nnc(N)s3)nc(-c3cccnc3)nc21. The van der Waals surface area contributed by atoms with E-state index in [9.17, 15) is 0 Å². The molecule has 4 aromatic rings. The highest BCUT2D eigenvalue weighted by molar-refractivity contribution is 7.15. The zero-order valence-electron chi connectivity index (χ0n) is 13.4. The van der Waals surface area contributed by atoms with Crippen molar-refractivity contribution in [2.45, 2.75) is 6.42 Å². The van der Waals surface area contributed by atoms with Gasteiger partial charge in [-0.25, -0.2) is 9.97 Å². The second-order valence-electron chi connectivity index (χ2n) is 5.35. The predicted molar refractivity (Wildman–Crippen MR) is 96.1 cm³/mol. The quantitative estimate of drug-likeness (QED) is 0.554. The highest BCUT2D eigenvalue weighted by atomic mass is 32.1. The van der Waals surface area contributed by atoms with Crippen LogP contribution in [0.1, 0.15) is 5.01 Å². The van der Waals surface area contributed by atoms with Crippen LogP contribution in [0.15, 0.2) is 30.7 Å². The Labute approximate surface area is 147 Å². The molecule has 0 aliphatic heterocycles. The van der Waals surface area contributed by atoms with Crippen LogP contribution in [0, 0.1) is 0 Å². The van der Waals surface area contributed by atoms with Crippen molar-refractivity contribution in [3.05, 3.63) is 35.7 Å². The standard InChI is InChI=1S/C15H15N9S/c1-24-14-10(8-19-24)13(18-6-4-11-22-23-15(16)25-11)20-12(21-14)9-3-2-5-17-7-9/h2-3,5,7-8H,4,6H2,1H3,(H2,16,23)(H,18,20,21). The van der Waals surface area contributed by atoms with Crippen molar-refractivity contribution < 1.29 is 0 Å². The summed E-state index contributed by atoms with van der Waals surface area (Å²) in [5.74, 6) is 1.33. The van der Waals surface area contributed by atoms with Gasteiger partial charge in [-0.05, 0) is 12.1 Å². The van der Waals surface area contributed by atoms with E-state index in [2.05, 4.69) is 35.6 Å². The molecule has 0 unspecified atom stereocenters. The Balaban J connectivity index is 1.64. The summed E-state index contributed by atoms with van der Waals surface area (Å²) < 4.78 is 1.73. The van der Waals surface area contributed by atoms with Gasteiger partial charge in [0.2, 0.25) is 5.13 Å². The van der Waals surface area contributed by atoms with Crippen LogP contribution in [-0.4, -0.2) is 41.5 Å². The first kappa shape index (κ1) is 15.4. The van der Waals surface area contributed by atoms with Crippen molar-refractivity contribution in [2.75, 3.05) is 17.6 Å². The molecular weight excluding hydrogens is 338 g/mol. The molecule has 0 saturated heterocycles. The first-order valence-electron chi connectivity index (χ1n) is 7.62. The molecule has 126 valence electrons. The lowest BCUT2D eigenvalue weighted by Crippen LogP contribution is -2.08. The fourth-order valence-electron chi connectivity index (χ4n) is 2.44. The number of fused-ring (bicyclic) bond motifs is 1. The molecule has 0 aromatic carbocycles. The van der Waals surface area contributed by atoms with E-state index in [0.29, 0.717) is 23.9 Å². The van der Waals surface area contributed by atoms with Gasteiger partial charge in [-0.3, -0.25) is 9.67 Å². The number of pyridine rings is 1. The fourth-order valence-corrected chi connectivity index (χ4v) is 3.05. The van der Waals surface area contributed by atoms with Gasteiger partial charge >= 0.3 is 0 Å². The normalized spacial score (nSPS) is 11.1. The monoisotopic (exact) mass is 353 g/mol. The number of nitrogen functional groups attached to an aromatic ring is 1. The number of nitrogens with two attached hydrogens (primary N) is 1. The molecule has 4 heterocycles. The second-order valence-corrected chi connectivity index (χ2v) is 6.45. The van der Waals surface area contributed by atoms with Crippen molar-refractivity contribution in [2.24, 2.45) is 7.05 Å². The smallest absolute Gasteiger partial charge is 0.203 e. The minimum atomic E-state index is 0.477. The van der Waals surface area contributed by atoms with E-state index in [-0.39, 0.29) is 0 Å². The predicted octanol–water partition coefficient (Wildman–Crippen LogP) is 1.51. The number of nitrogens with zero attached hydrogens (tertiary/aromatic N) is 7. The largest absolute Gasteiger partial charge is 0.374 e. The molecule has 0 radical (unpaired) electrons. The number of nitrogens with one attached hydrogen (secondary N) is 1. The maximum atomic E-state index is 5.61. The third-order valence-corrected chi connectivity index (χ3v) is 4.44. The lowest BCUT2D eigenvalue weighted by Gasteiger charge is -2.08. The van der Waals surface area contributed by atoms with E-state index in [1.54, 1.807) is 23.3 Å². The van der Waals surface area contributed by atoms with Crippen molar-refractivity contribution in [1.29, 1.82) is 0 Å². The van der Waals surface area contributed by atoms with E-state index in [1.165, 1.54) is 11.3 Å². The molecular formula is C15H15N9S. The maximum Gasteiger partial charge on any atom is 0.203 e. The van der Waals surface area contributed by atoms with E-state index < -0.39 is 0 Å². The first-order chi connectivity index (χ1) is 12.2. The lowest BCUT2D eigenvalue weighted by molar-refractivity contribution is 0.786. The molecule has 4 rings (SSSR count). The molecule has 10 heteroatoms. The van der Waals surface area contributed by atoms with Gasteiger partial charge in [0.25, 0.3) is 0 Å². The molecule has 0 spiro atoms. The molecule has 25 heavy (non-hydrogen) atoms. The van der Waals surface area contributed by atoms with Gasteiger partial charge in [-0.15, -0.1) is 10.2 Å². The molecule has 3 N–H and O–H groups in total. The van der Waals surface area contributed by atoms with Crippen LogP contribution in [0.25, 0.3) is 22.4 Å². The average molecular weight is 353 g/mol. The molecule has 0 saturated carbocycles. The van der Waals surface area contributed by atoms with Gasteiger partial charge in [0, 0.05) is 38.0 Å². The summed E-state index contributed by atoms with van der Waals surface area (Å²) in [7, 11) is 1.86. The Bertz CT molecular complexity index is 1010. The van der Waals surface area contributed by atoms with Crippen molar-refractivity contribution >= 4 is 33.3 Å². The van der Waals surface area contributed by atoms with E-state index >= 15 is 0 Å². The summed E-state index contributed by atoms with van der Waals surface area (Å²) in [6, 6.07) is 3.79. The van der Waals surface area contributed by atoms with Crippen LogP contribution < -0.4 is 11.1 Å². The number of anilines is 2. The maximum absolute atomic E-state index is 5.61.